The van der Waals surface area contributed by atoms with E-state index >= 15 is 0 Å². The fourth-order valence-corrected chi connectivity index (χ4v) is 4.00. The van der Waals surface area contributed by atoms with Crippen molar-refractivity contribution in [1.29, 1.82) is 0 Å². The topological polar surface area (TPSA) is 75.9 Å². The Morgan fingerprint density at radius 1 is 1.23 bits per heavy atom. The van der Waals surface area contributed by atoms with Gasteiger partial charge in [0.2, 0.25) is 11.8 Å². The maximum absolute atomic E-state index is 13.2. The second-order valence-electron chi connectivity index (χ2n) is 7.05. The molecule has 144 valence electrons. The molecule has 7 heteroatoms. The second-order valence-corrected chi connectivity index (χ2v) is 7.05. The number of rotatable bonds is 3. The number of piperidine rings is 2. The number of likely N-dealkylation sites (tertiary alicyclic amines) is 2. The third kappa shape index (κ3) is 4.13. The normalized spacial score (nSPS) is 26.3. The summed E-state index contributed by atoms with van der Waals surface area (Å²) in [5.41, 5.74) is 7.02. The highest BCUT2D eigenvalue weighted by molar-refractivity contribution is 5.85. The monoisotopic (exact) mass is 381 g/mol. The van der Waals surface area contributed by atoms with Crippen molar-refractivity contribution >= 4 is 24.2 Å². The number of amides is 2. The number of hydrogen-bond acceptors (Lipinski definition) is 4. The molecule has 2 amide bonds. The number of benzene rings is 1. The van der Waals surface area contributed by atoms with E-state index in [1.54, 1.807) is 19.1 Å². The molecule has 0 spiro atoms. The molecule has 0 saturated carbocycles. The minimum absolute atomic E-state index is 0. The molecule has 1 aromatic carbocycles. The average molecular weight is 382 g/mol. The molecule has 1 aromatic rings. The van der Waals surface area contributed by atoms with Gasteiger partial charge in [-0.25, -0.2) is 0 Å². The summed E-state index contributed by atoms with van der Waals surface area (Å²) in [7, 11) is 3.41. The predicted octanol–water partition coefficient (Wildman–Crippen LogP) is 1.98. The van der Waals surface area contributed by atoms with Crippen molar-refractivity contribution in [2.45, 2.75) is 37.8 Å². The number of methoxy groups -OCH3 is 1. The van der Waals surface area contributed by atoms with Crippen LogP contribution in [0.25, 0.3) is 0 Å². The number of nitrogens with zero attached hydrogens (tertiary/aromatic N) is 2. The number of carbonyl (C=O) groups is 2. The molecular formula is C19H28ClN3O3. The van der Waals surface area contributed by atoms with Crippen molar-refractivity contribution in [3.63, 3.8) is 0 Å². The van der Waals surface area contributed by atoms with E-state index in [9.17, 15) is 9.59 Å². The van der Waals surface area contributed by atoms with Crippen LogP contribution in [0.15, 0.2) is 24.3 Å². The Labute approximate surface area is 161 Å². The molecule has 6 nitrogen and oxygen atoms in total. The van der Waals surface area contributed by atoms with Gasteiger partial charge in [0.15, 0.2) is 0 Å². The largest absolute Gasteiger partial charge is 0.497 e. The van der Waals surface area contributed by atoms with Gasteiger partial charge in [-0.05, 0) is 37.0 Å². The smallest absolute Gasteiger partial charge is 0.228 e. The SMILES string of the molecule is COc1ccc(C2C(C(=O)N3CCCC(N)C3)CCC(=O)N2C)cc1.Cl. The van der Waals surface area contributed by atoms with Crippen molar-refractivity contribution in [2.24, 2.45) is 11.7 Å². The second kappa shape index (κ2) is 8.73. The van der Waals surface area contributed by atoms with Gasteiger partial charge in [-0.15, -0.1) is 12.4 Å². The molecule has 26 heavy (non-hydrogen) atoms. The Morgan fingerprint density at radius 3 is 2.54 bits per heavy atom. The average Bonchev–Trinajstić information content (AvgIpc) is 2.63. The van der Waals surface area contributed by atoms with Crippen LogP contribution in [0, 0.1) is 5.92 Å². The van der Waals surface area contributed by atoms with Crippen molar-refractivity contribution in [2.75, 3.05) is 27.2 Å². The molecule has 0 aromatic heterocycles. The summed E-state index contributed by atoms with van der Waals surface area (Å²) in [6, 6.07) is 7.46. The van der Waals surface area contributed by atoms with E-state index in [0.29, 0.717) is 19.4 Å². The van der Waals surface area contributed by atoms with Crippen LogP contribution in [0.4, 0.5) is 0 Å². The highest BCUT2D eigenvalue weighted by Gasteiger charge is 2.41. The highest BCUT2D eigenvalue weighted by Crippen LogP contribution is 2.37. The number of carbonyl (C=O) groups excluding carboxylic acids is 2. The molecular weight excluding hydrogens is 354 g/mol. The Balaban J connectivity index is 0.00000243. The maximum Gasteiger partial charge on any atom is 0.228 e. The first kappa shape index (κ1) is 20.5. The van der Waals surface area contributed by atoms with E-state index in [2.05, 4.69) is 0 Å². The molecule has 2 saturated heterocycles. The summed E-state index contributed by atoms with van der Waals surface area (Å²) in [5.74, 6) is 0.746. The summed E-state index contributed by atoms with van der Waals surface area (Å²) < 4.78 is 5.22. The van der Waals surface area contributed by atoms with Crippen LogP contribution in [-0.4, -0.2) is 54.9 Å². The van der Waals surface area contributed by atoms with Gasteiger partial charge in [-0.1, -0.05) is 12.1 Å². The summed E-state index contributed by atoms with van der Waals surface area (Å²) in [5, 5.41) is 0. The van der Waals surface area contributed by atoms with Crippen LogP contribution >= 0.6 is 12.4 Å². The number of ether oxygens (including phenoxy) is 1. The fraction of sp³-hybridized carbons (Fsp3) is 0.579. The van der Waals surface area contributed by atoms with Crippen LogP contribution in [-0.2, 0) is 9.59 Å². The number of hydrogen-bond donors (Lipinski definition) is 1. The van der Waals surface area contributed by atoms with Crippen LogP contribution in [0.5, 0.6) is 5.75 Å². The van der Waals surface area contributed by atoms with E-state index in [1.165, 1.54) is 0 Å². The Morgan fingerprint density at radius 2 is 1.92 bits per heavy atom. The van der Waals surface area contributed by atoms with Crippen molar-refractivity contribution in [3.05, 3.63) is 29.8 Å². The van der Waals surface area contributed by atoms with E-state index in [4.69, 9.17) is 10.5 Å². The fourth-order valence-electron chi connectivity index (χ4n) is 4.00. The van der Waals surface area contributed by atoms with Gasteiger partial charge in [0.25, 0.3) is 0 Å². The van der Waals surface area contributed by atoms with E-state index in [1.807, 2.05) is 29.2 Å². The third-order valence-corrected chi connectivity index (χ3v) is 5.41. The Kier molecular flexibility index (Phi) is 6.89. The molecule has 3 rings (SSSR count). The molecule has 3 atom stereocenters. The van der Waals surface area contributed by atoms with Crippen molar-refractivity contribution in [1.82, 2.24) is 9.80 Å². The lowest BCUT2D eigenvalue weighted by atomic mass is 9.83. The van der Waals surface area contributed by atoms with E-state index in [-0.39, 0.29) is 42.2 Å². The molecule has 2 aliphatic heterocycles. The number of nitrogens with two attached hydrogens (primary N) is 1. The van der Waals surface area contributed by atoms with Crippen LogP contribution in [0.1, 0.15) is 37.3 Å². The predicted molar refractivity (Wildman–Crippen MR) is 102 cm³/mol. The van der Waals surface area contributed by atoms with Crippen LogP contribution < -0.4 is 10.5 Å². The zero-order valence-electron chi connectivity index (χ0n) is 15.4. The van der Waals surface area contributed by atoms with E-state index < -0.39 is 0 Å². The van der Waals surface area contributed by atoms with Gasteiger partial charge in [-0.3, -0.25) is 9.59 Å². The van der Waals surface area contributed by atoms with Gasteiger partial charge in [-0.2, -0.15) is 0 Å². The van der Waals surface area contributed by atoms with Gasteiger partial charge in [0.05, 0.1) is 19.1 Å². The quantitative estimate of drug-likeness (QED) is 0.868. The standard InChI is InChI=1S/C19H27N3O3.ClH/c1-21-17(23)10-9-16(19(24)22-11-3-4-14(20)12-22)18(21)13-5-7-15(25-2)8-6-13;/h5-8,14,16,18H,3-4,9-12,20H2,1-2H3;1H. The minimum Gasteiger partial charge on any atom is -0.497 e. The lowest BCUT2D eigenvalue weighted by Crippen LogP contribution is -2.52. The molecule has 2 heterocycles. The number of halogens is 1. The van der Waals surface area contributed by atoms with Crippen LogP contribution in [0.3, 0.4) is 0 Å². The maximum atomic E-state index is 13.2. The molecule has 2 N–H and O–H groups in total. The van der Waals surface area contributed by atoms with Crippen molar-refractivity contribution < 1.29 is 14.3 Å². The van der Waals surface area contributed by atoms with Gasteiger partial charge in [0.1, 0.15) is 5.75 Å². The Hall–Kier alpha value is -1.79. The highest BCUT2D eigenvalue weighted by atomic mass is 35.5. The zero-order valence-corrected chi connectivity index (χ0v) is 16.2. The summed E-state index contributed by atoms with van der Waals surface area (Å²) in [4.78, 5) is 29.0. The zero-order chi connectivity index (χ0) is 18.0. The molecule has 2 aliphatic rings. The lowest BCUT2D eigenvalue weighted by Gasteiger charge is -2.42. The van der Waals surface area contributed by atoms with Crippen molar-refractivity contribution in [3.8, 4) is 5.75 Å². The molecule has 0 bridgehead atoms. The first-order chi connectivity index (χ1) is 12.0. The van der Waals surface area contributed by atoms with Crippen LogP contribution in [0.2, 0.25) is 0 Å². The molecule has 2 fully saturated rings. The summed E-state index contributed by atoms with van der Waals surface area (Å²) >= 11 is 0. The minimum atomic E-state index is -0.238. The molecule has 3 unspecified atom stereocenters. The summed E-state index contributed by atoms with van der Waals surface area (Å²) in [6.45, 7) is 1.37. The van der Waals surface area contributed by atoms with Gasteiger partial charge < -0.3 is 20.3 Å². The lowest BCUT2D eigenvalue weighted by molar-refractivity contribution is -0.147. The van der Waals surface area contributed by atoms with Gasteiger partial charge >= 0.3 is 0 Å². The third-order valence-electron chi connectivity index (χ3n) is 5.41. The molecule has 0 aliphatic carbocycles. The van der Waals surface area contributed by atoms with Gasteiger partial charge in [0, 0.05) is 32.6 Å². The summed E-state index contributed by atoms with van der Waals surface area (Å²) in [6.07, 6.45) is 2.92. The first-order valence-corrected chi connectivity index (χ1v) is 8.95. The Bertz CT molecular complexity index is 637. The first-order valence-electron chi connectivity index (χ1n) is 8.95. The van der Waals surface area contributed by atoms with E-state index in [0.717, 1.165) is 30.7 Å². The molecule has 0 radical (unpaired) electrons.